The Hall–Kier alpha value is -3.13. The van der Waals surface area contributed by atoms with Crippen molar-refractivity contribution in [2.24, 2.45) is 0 Å². The second-order valence-corrected chi connectivity index (χ2v) is 6.18. The summed E-state index contributed by atoms with van der Waals surface area (Å²) in [5.74, 6) is 2.43. The van der Waals surface area contributed by atoms with Crippen LogP contribution in [0.4, 0.5) is 11.6 Å². The lowest BCUT2D eigenvalue weighted by molar-refractivity contribution is 0.213. The number of aromatic nitrogens is 3. The number of benzene rings is 1. The van der Waals surface area contributed by atoms with Crippen LogP contribution in [-0.4, -0.2) is 54.3 Å². The molecule has 0 aliphatic carbocycles. The van der Waals surface area contributed by atoms with E-state index >= 15 is 0 Å². The van der Waals surface area contributed by atoms with Crippen molar-refractivity contribution in [1.29, 1.82) is 0 Å². The molecule has 0 atom stereocenters. The summed E-state index contributed by atoms with van der Waals surface area (Å²) >= 11 is 0. The van der Waals surface area contributed by atoms with E-state index in [4.69, 9.17) is 15.2 Å². The molecule has 0 amide bonds. The molecular formula is C19H22N6O2. The lowest BCUT2D eigenvalue weighted by Crippen LogP contribution is -2.44. The minimum atomic E-state index is 0.355. The lowest BCUT2D eigenvalue weighted by Gasteiger charge is -2.28. The zero-order chi connectivity index (χ0) is 18.5. The molecule has 8 nitrogen and oxygen atoms in total. The van der Waals surface area contributed by atoms with E-state index in [1.807, 2.05) is 24.3 Å². The monoisotopic (exact) mass is 366 g/mol. The van der Waals surface area contributed by atoms with Crippen LogP contribution < -0.4 is 25.4 Å². The predicted octanol–water partition coefficient (Wildman–Crippen LogP) is 1.47. The highest BCUT2D eigenvalue weighted by Crippen LogP contribution is 2.26. The van der Waals surface area contributed by atoms with Crippen molar-refractivity contribution in [3.63, 3.8) is 0 Å². The molecule has 2 aromatic heterocycles. The summed E-state index contributed by atoms with van der Waals surface area (Å²) in [7, 11) is 0. The Labute approximate surface area is 157 Å². The van der Waals surface area contributed by atoms with E-state index in [0.717, 1.165) is 42.9 Å². The van der Waals surface area contributed by atoms with Crippen LogP contribution in [0.15, 0.2) is 42.7 Å². The molecule has 1 fully saturated rings. The fourth-order valence-corrected chi connectivity index (χ4v) is 3.09. The normalized spacial score (nSPS) is 14.3. The van der Waals surface area contributed by atoms with Crippen molar-refractivity contribution in [3.05, 3.63) is 42.7 Å². The maximum absolute atomic E-state index is 5.89. The van der Waals surface area contributed by atoms with E-state index in [-0.39, 0.29) is 0 Å². The zero-order valence-electron chi connectivity index (χ0n) is 15.0. The minimum Gasteiger partial charge on any atom is -0.489 e. The first-order valence-electron chi connectivity index (χ1n) is 8.99. The van der Waals surface area contributed by atoms with Crippen LogP contribution in [0.5, 0.6) is 11.6 Å². The third kappa shape index (κ3) is 4.01. The highest BCUT2D eigenvalue weighted by atomic mass is 16.5. The van der Waals surface area contributed by atoms with Gasteiger partial charge in [-0.25, -0.2) is 15.0 Å². The summed E-state index contributed by atoms with van der Waals surface area (Å²) in [4.78, 5) is 15.3. The molecule has 1 aliphatic heterocycles. The smallest absolute Gasteiger partial charge is 0.257 e. The number of nitrogens with two attached hydrogens (primary N) is 1. The molecule has 27 heavy (non-hydrogen) atoms. The van der Waals surface area contributed by atoms with Crippen LogP contribution in [0.25, 0.3) is 10.9 Å². The lowest BCUT2D eigenvalue weighted by atomic mass is 10.2. The quantitative estimate of drug-likeness (QED) is 0.633. The molecule has 8 heteroatoms. The van der Waals surface area contributed by atoms with Crippen molar-refractivity contribution in [1.82, 2.24) is 20.3 Å². The van der Waals surface area contributed by atoms with Crippen molar-refractivity contribution >= 4 is 22.5 Å². The third-order valence-electron chi connectivity index (χ3n) is 4.34. The first-order chi connectivity index (χ1) is 13.3. The van der Waals surface area contributed by atoms with Gasteiger partial charge >= 0.3 is 0 Å². The number of piperazine rings is 1. The van der Waals surface area contributed by atoms with E-state index < -0.39 is 0 Å². The second kappa shape index (κ2) is 8.05. The Balaban J connectivity index is 1.40. The van der Waals surface area contributed by atoms with Gasteiger partial charge in [-0.2, -0.15) is 0 Å². The van der Waals surface area contributed by atoms with Crippen LogP contribution in [0.3, 0.4) is 0 Å². The topological polar surface area (TPSA) is 98.4 Å². The Morgan fingerprint density at radius 2 is 1.81 bits per heavy atom. The van der Waals surface area contributed by atoms with Gasteiger partial charge in [0.2, 0.25) is 0 Å². The molecule has 3 heterocycles. The van der Waals surface area contributed by atoms with E-state index in [1.165, 1.54) is 0 Å². The van der Waals surface area contributed by atoms with Crippen molar-refractivity contribution < 1.29 is 9.47 Å². The van der Waals surface area contributed by atoms with Gasteiger partial charge in [-0.1, -0.05) is 12.1 Å². The highest BCUT2D eigenvalue weighted by Gasteiger charge is 2.17. The number of nitrogens with zero attached hydrogens (tertiary/aromatic N) is 4. The van der Waals surface area contributed by atoms with Crippen LogP contribution in [0, 0.1) is 0 Å². The van der Waals surface area contributed by atoms with Gasteiger partial charge in [0.15, 0.2) is 5.82 Å². The number of anilines is 2. The minimum absolute atomic E-state index is 0.355. The van der Waals surface area contributed by atoms with E-state index in [2.05, 4.69) is 25.2 Å². The maximum atomic E-state index is 5.89. The van der Waals surface area contributed by atoms with Gasteiger partial charge in [0.1, 0.15) is 24.8 Å². The molecule has 3 aromatic rings. The van der Waals surface area contributed by atoms with E-state index in [9.17, 15) is 0 Å². The number of para-hydroxylation sites is 1. The molecule has 3 N–H and O–H groups in total. The molecular weight excluding hydrogens is 344 g/mol. The van der Waals surface area contributed by atoms with Crippen LogP contribution >= 0.6 is 0 Å². The number of fused-ring (bicyclic) bond motifs is 1. The van der Waals surface area contributed by atoms with Crippen molar-refractivity contribution in [2.45, 2.75) is 0 Å². The van der Waals surface area contributed by atoms with Crippen LogP contribution in [0.2, 0.25) is 0 Å². The van der Waals surface area contributed by atoms with Crippen molar-refractivity contribution in [3.8, 4) is 11.6 Å². The number of rotatable bonds is 6. The molecule has 1 aliphatic rings. The van der Waals surface area contributed by atoms with Crippen molar-refractivity contribution in [2.75, 3.05) is 50.0 Å². The van der Waals surface area contributed by atoms with Gasteiger partial charge in [0, 0.05) is 50.0 Å². The van der Waals surface area contributed by atoms with E-state index in [0.29, 0.717) is 30.7 Å². The molecule has 0 saturated carbocycles. The SMILES string of the molecule is Nc1cc(OCCOc2nccnc2N2CCNCC2)c2ccccc2n1. The molecule has 1 saturated heterocycles. The molecule has 140 valence electrons. The van der Waals surface area contributed by atoms with Crippen LogP contribution in [-0.2, 0) is 0 Å². The molecule has 1 aromatic carbocycles. The summed E-state index contributed by atoms with van der Waals surface area (Å²) < 4.78 is 11.7. The van der Waals surface area contributed by atoms with Gasteiger partial charge in [-0.3, -0.25) is 0 Å². The number of hydrogen-bond donors (Lipinski definition) is 2. The summed E-state index contributed by atoms with van der Waals surface area (Å²) in [6.07, 6.45) is 3.32. The first kappa shape index (κ1) is 17.3. The number of nitrogen functional groups attached to an aromatic ring is 1. The largest absolute Gasteiger partial charge is 0.489 e. The summed E-state index contributed by atoms with van der Waals surface area (Å²) in [5, 5.41) is 4.25. The zero-order valence-corrected chi connectivity index (χ0v) is 15.0. The summed E-state index contributed by atoms with van der Waals surface area (Å²) in [5.41, 5.74) is 6.68. The maximum Gasteiger partial charge on any atom is 0.257 e. The molecule has 0 radical (unpaired) electrons. The first-order valence-corrected chi connectivity index (χ1v) is 8.99. The Kier molecular flexibility index (Phi) is 5.15. The predicted molar refractivity (Wildman–Crippen MR) is 104 cm³/mol. The number of ether oxygens (including phenoxy) is 2. The van der Waals surface area contributed by atoms with Gasteiger partial charge in [-0.15, -0.1) is 0 Å². The standard InChI is InChI=1S/C19H22N6O2/c20-17-13-16(14-3-1-2-4-15(14)24-17)26-11-12-27-19-18(22-5-6-23-19)25-9-7-21-8-10-25/h1-6,13,21H,7-12H2,(H2,20,24). The number of pyridine rings is 1. The number of hydrogen-bond acceptors (Lipinski definition) is 8. The van der Waals surface area contributed by atoms with Gasteiger partial charge < -0.3 is 25.4 Å². The second-order valence-electron chi connectivity index (χ2n) is 6.18. The summed E-state index contributed by atoms with van der Waals surface area (Å²) in [6, 6.07) is 9.48. The van der Waals surface area contributed by atoms with Crippen LogP contribution in [0.1, 0.15) is 0 Å². The molecule has 0 spiro atoms. The van der Waals surface area contributed by atoms with Gasteiger partial charge in [0.25, 0.3) is 5.88 Å². The average Bonchev–Trinajstić information content (AvgIpc) is 2.72. The Bertz CT molecular complexity index is 914. The summed E-state index contributed by atoms with van der Waals surface area (Å²) in [6.45, 7) is 4.34. The average molecular weight is 366 g/mol. The Morgan fingerprint density at radius 1 is 1.04 bits per heavy atom. The Morgan fingerprint density at radius 3 is 2.70 bits per heavy atom. The number of nitrogens with one attached hydrogen (secondary N) is 1. The van der Waals surface area contributed by atoms with Gasteiger partial charge in [-0.05, 0) is 12.1 Å². The molecule has 4 rings (SSSR count). The molecule has 0 bridgehead atoms. The fraction of sp³-hybridized carbons (Fsp3) is 0.316. The third-order valence-corrected chi connectivity index (χ3v) is 4.34. The van der Waals surface area contributed by atoms with Gasteiger partial charge in [0.05, 0.1) is 5.52 Å². The molecule has 0 unspecified atom stereocenters. The fourth-order valence-electron chi connectivity index (χ4n) is 3.09. The highest BCUT2D eigenvalue weighted by molar-refractivity contribution is 5.86. The van der Waals surface area contributed by atoms with E-state index in [1.54, 1.807) is 18.5 Å².